The van der Waals surface area contributed by atoms with Crippen molar-refractivity contribution in [3.05, 3.63) is 0 Å². The molecule has 6 unspecified atom stereocenters. The van der Waals surface area contributed by atoms with Gasteiger partial charge in [0.2, 0.25) is 5.91 Å². The molecule has 4 aliphatic rings. The fraction of sp³-hybridized carbons (Fsp3) is 0.846. The predicted molar refractivity (Wildman–Crippen MR) is 155 cm³/mol. The van der Waals surface area contributed by atoms with Crippen LogP contribution in [-0.2, 0) is 22.5 Å². The first-order valence-corrected chi connectivity index (χ1v) is 18.3. The number of fused-ring (bicyclic) bond motifs is 2. The first kappa shape index (κ1) is 30.5. The number of carbonyl (C=O) groups is 1. The number of nitrogens with zero attached hydrogens (tertiary/aromatic N) is 4. The largest absolute Gasteiger partial charge is 0.414 e. The summed E-state index contributed by atoms with van der Waals surface area (Å²) < 4.78 is 27.6. The molecule has 1 amide bonds. The van der Waals surface area contributed by atoms with Crippen LogP contribution in [0.1, 0.15) is 69.2 Å². The molecule has 220 valence electrons. The summed E-state index contributed by atoms with van der Waals surface area (Å²) in [6, 6.07) is -0.496. The molecule has 2 saturated heterocycles. The molecule has 0 saturated carbocycles. The number of rotatable bonds is 6. The van der Waals surface area contributed by atoms with Gasteiger partial charge in [-0.2, -0.15) is 0 Å². The van der Waals surface area contributed by atoms with Crippen molar-refractivity contribution in [2.75, 3.05) is 6.61 Å². The van der Waals surface area contributed by atoms with Crippen LogP contribution in [0.15, 0.2) is 15.0 Å². The fourth-order valence-corrected chi connectivity index (χ4v) is 17.3. The van der Waals surface area contributed by atoms with E-state index in [-0.39, 0.29) is 40.6 Å². The summed E-state index contributed by atoms with van der Waals surface area (Å²) in [6.07, 6.45) is -0.260. The number of aliphatic hydroxyl groups is 1. The second-order valence-electron chi connectivity index (χ2n) is 12.6. The van der Waals surface area contributed by atoms with Gasteiger partial charge in [0.25, 0.3) is 0 Å². The summed E-state index contributed by atoms with van der Waals surface area (Å²) in [4.78, 5) is 27.5. The van der Waals surface area contributed by atoms with Crippen molar-refractivity contribution in [3.8, 4) is 0 Å². The van der Waals surface area contributed by atoms with Crippen molar-refractivity contribution in [1.29, 1.82) is 0 Å². The Morgan fingerprint density at radius 2 is 1.62 bits per heavy atom. The van der Waals surface area contributed by atoms with Crippen LogP contribution < -0.4 is 5.32 Å². The van der Waals surface area contributed by atoms with Gasteiger partial charge in [0.1, 0.15) is 30.5 Å². The van der Waals surface area contributed by atoms with Crippen LogP contribution in [0.5, 0.6) is 0 Å². The van der Waals surface area contributed by atoms with Crippen LogP contribution in [0.4, 0.5) is 0 Å². The Labute approximate surface area is 235 Å². The van der Waals surface area contributed by atoms with Gasteiger partial charge in [0.15, 0.2) is 18.4 Å². The highest BCUT2D eigenvalue weighted by Gasteiger charge is 2.62. The summed E-state index contributed by atoms with van der Waals surface area (Å²) in [5, 5.41) is 14.6. The van der Waals surface area contributed by atoms with E-state index in [1.807, 2.05) is 13.8 Å². The molecular formula is C26H47N5O6Si2. The third-order valence-corrected chi connectivity index (χ3v) is 18.6. The van der Waals surface area contributed by atoms with E-state index >= 15 is 0 Å². The quantitative estimate of drug-likeness (QED) is 0.461. The van der Waals surface area contributed by atoms with E-state index in [1.54, 1.807) is 11.2 Å². The second-order valence-corrected chi connectivity index (χ2v) is 21.5. The lowest BCUT2D eigenvalue weighted by Gasteiger charge is -2.51. The molecule has 0 radical (unpaired) electrons. The Kier molecular flexibility index (Phi) is 8.92. The van der Waals surface area contributed by atoms with Gasteiger partial charge >= 0.3 is 17.1 Å². The Bertz CT molecular complexity index is 987. The molecule has 0 aromatic rings. The number of amides is 1. The standard InChI is InChI=1S/C26H47N5O6Si2/c1-14(2)25(33)30-23-20-24(28-12-27-23)31(13-29-20)26-21(32)22-19(35-26)11-34-38(15(3)4,16(5)6)37-39(36-22,17(7)8)18(9)10/h12-22,24,26,32H,11H2,1-10H3,(H,27,28,30,33). The SMILES string of the molecule is CC(C)C(=O)NC1=NC=NC2C1N=CN2C1OC2CO[Si](C(C)C)(C(C)C)O[Si](C(C)C)(C(C)C)OC2C1O. The van der Waals surface area contributed by atoms with Crippen molar-refractivity contribution in [2.24, 2.45) is 20.9 Å². The molecule has 13 heteroatoms. The molecule has 2 N–H and O–H groups in total. The number of carbonyl (C=O) groups excluding carboxylic acids is 1. The molecule has 0 aromatic heterocycles. The molecule has 4 aliphatic heterocycles. The number of amidine groups is 1. The van der Waals surface area contributed by atoms with Gasteiger partial charge in [0, 0.05) is 5.92 Å². The zero-order chi connectivity index (χ0) is 28.9. The Morgan fingerprint density at radius 3 is 2.18 bits per heavy atom. The van der Waals surface area contributed by atoms with Gasteiger partial charge in [-0.15, -0.1) is 0 Å². The minimum Gasteiger partial charge on any atom is -0.414 e. The van der Waals surface area contributed by atoms with Gasteiger partial charge in [-0.05, 0) is 22.2 Å². The van der Waals surface area contributed by atoms with Crippen LogP contribution in [0.3, 0.4) is 0 Å². The molecule has 6 atom stereocenters. The molecule has 2 fully saturated rings. The number of hydrogen-bond acceptors (Lipinski definition) is 10. The molecule has 4 heterocycles. The minimum atomic E-state index is -2.90. The van der Waals surface area contributed by atoms with E-state index < -0.39 is 53.9 Å². The molecule has 0 aliphatic carbocycles. The number of nitrogens with one attached hydrogen (secondary N) is 1. The average Bonchev–Trinajstić information content (AvgIpc) is 3.39. The Balaban J connectivity index is 1.62. The van der Waals surface area contributed by atoms with E-state index in [4.69, 9.17) is 17.7 Å². The summed E-state index contributed by atoms with van der Waals surface area (Å²) in [5.74, 6) is 0.111. The van der Waals surface area contributed by atoms with Gasteiger partial charge < -0.3 is 33.0 Å². The van der Waals surface area contributed by atoms with Crippen LogP contribution in [0.2, 0.25) is 22.2 Å². The van der Waals surface area contributed by atoms with Gasteiger partial charge in [-0.1, -0.05) is 69.2 Å². The number of hydrogen-bond donors (Lipinski definition) is 2. The monoisotopic (exact) mass is 581 g/mol. The molecule has 39 heavy (non-hydrogen) atoms. The van der Waals surface area contributed by atoms with E-state index in [9.17, 15) is 9.90 Å². The molecule has 11 nitrogen and oxygen atoms in total. The van der Waals surface area contributed by atoms with Crippen molar-refractivity contribution in [1.82, 2.24) is 10.2 Å². The van der Waals surface area contributed by atoms with E-state index in [1.165, 1.54) is 6.34 Å². The molecule has 0 spiro atoms. The lowest BCUT2D eigenvalue weighted by Crippen LogP contribution is -2.66. The van der Waals surface area contributed by atoms with Crippen molar-refractivity contribution >= 4 is 41.5 Å². The third-order valence-electron chi connectivity index (χ3n) is 8.36. The summed E-state index contributed by atoms with van der Waals surface area (Å²) in [7, 11) is -5.63. The number of aliphatic imine (C=N–C) groups is 3. The maximum atomic E-state index is 12.3. The summed E-state index contributed by atoms with van der Waals surface area (Å²) >= 11 is 0. The topological polar surface area (TPSA) is 127 Å². The predicted octanol–water partition coefficient (Wildman–Crippen LogP) is 3.28. The van der Waals surface area contributed by atoms with Crippen LogP contribution in [-0.4, -0.2) is 94.9 Å². The summed E-state index contributed by atoms with van der Waals surface area (Å²) in [6.45, 7) is 21.3. The van der Waals surface area contributed by atoms with Gasteiger partial charge in [0.05, 0.1) is 12.9 Å². The molecule has 0 bridgehead atoms. The highest BCUT2D eigenvalue weighted by atomic mass is 28.5. The maximum Gasteiger partial charge on any atom is 0.335 e. The van der Waals surface area contributed by atoms with Crippen molar-refractivity contribution in [3.63, 3.8) is 0 Å². The zero-order valence-electron chi connectivity index (χ0n) is 25.0. The molecular weight excluding hydrogens is 534 g/mol. The maximum absolute atomic E-state index is 12.3. The van der Waals surface area contributed by atoms with E-state index in [0.717, 1.165) is 0 Å². The van der Waals surface area contributed by atoms with Gasteiger partial charge in [-0.3, -0.25) is 9.79 Å². The van der Waals surface area contributed by atoms with Crippen LogP contribution >= 0.6 is 0 Å². The van der Waals surface area contributed by atoms with Crippen LogP contribution in [0, 0.1) is 5.92 Å². The van der Waals surface area contributed by atoms with E-state index in [0.29, 0.717) is 5.84 Å². The Hall–Kier alpha value is -1.49. The van der Waals surface area contributed by atoms with Crippen molar-refractivity contribution < 1.29 is 27.6 Å². The molecule has 4 rings (SSSR count). The molecule has 0 aromatic carbocycles. The second kappa shape index (κ2) is 11.4. The highest BCUT2D eigenvalue weighted by molar-refractivity contribution is 6.84. The van der Waals surface area contributed by atoms with Crippen LogP contribution in [0.25, 0.3) is 0 Å². The fourth-order valence-electron chi connectivity index (χ4n) is 6.04. The third kappa shape index (κ3) is 5.31. The first-order chi connectivity index (χ1) is 18.2. The minimum absolute atomic E-state index is 0.135. The normalized spacial score (nSPS) is 33.5. The summed E-state index contributed by atoms with van der Waals surface area (Å²) in [5.41, 5.74) is 0.705. The smallest absolute Gasteiger partial charge is 0.335 e. The lowest BCUT2D eigenvalue weighted by atomic mass is 10.1. The number of aliphatic hydroxyl groups excluding tert-OH is 1. The van der Waals surface area contributed by atoms with Gasteiger partial charge in [-0.25, -0.2) is 9.98 Å². The average molecular weight is 582 g/mol. The lowest BCUT2D eigenvalue weighted by molar-refractivity contribution is -0.122. The Morgan fingerprint density at radius 1 is 1.00 bits per heavy atom. The van der Waals surface area contributed by atoms with Crippen molar-refractivity contribution in [2.45, 2.75) is 128 Å². The number of ether oxygens (including phenoxy) is 1. The zero-order valence-corrected chi connectivity index (χ0v) is 27.0. The first-order valence-electron chi connectivity index (χ1n) is 14.3. The highest BCUT2D eigenvalue weighted by Crippen LogP contribution is 2.48. The van der Waals surface area contributed by atoms with E-state index in [2.05, 4.69) is 75.7 Å².